The fourth-order valence-corrected chi connectivity index (χ4v) is 2.53. The van der Waals surface area contributed by atoms with E-state index in [2.05, 4.69) is 19.2 Å². The van der Waals surface area contributed by atoms with Crippen molar-refractivity contribution in [2.45, 2.75) is 45.3 Å². The van der Waals surface area contributed by atoms with Gasteiger partial charge in [-0.3, -0.25) is 0 Å². The number of likely N-dealkylation sites (N-methyl/N-ethyl adjacent to an activating group) is 1. The number of hydrogen-bond donors (Lipinski definition) is 1. The summed E-state index contributed by atoms with van der Waals surface area (Å²) in [5, 5.41) is 3.47. The molecular weight excluding hydrogens is 265 g/mol. The largest absolute Gasteiger partial charge is 0.374 e. The molecule has 0 aliphatic heterocycles. The minimum Gasteiger partial charge on any atom is -0.374 e. The van der Waals surface area contributed by atoms with E-state index in [1.54, 1.807) is 6.07 Å². The molecule has 19 heavy (non-hydrogen) atoms. The van der Waals surface area contributed by atoms with Gasteiger partial charge in [0, 0.05) is 12.6 Å². The van der Waals surface area contributed by atoms with E-state index in [4.69, 9.17) is 16.3 Å². The van der Waals surface area contributed by atoms with Gasteiger partial charge in [-0.2, -0.15) is 0 Å². The first-order valence-corrected chi connectivity index (χ1v) is 7.10. The summed E-state index contributed by atoms with van der Waals surface area (Å²) in [4.78, 5) is 0. The van der Waals surface area contributed by atoms with E-state index in [-0.39, 0.29) is 22.5 Å². The van der Waals surface area contributed by atoms with Crippen LogP contribution in [0.3, 0.4) is 0 Å². The maximum Gasteiger partial charge on any atom is 0.142 e. The molecule has 2 atom stereocenters. The average Bonchev–Trinajstić information content (AvgIpc) is 2.40. The molecule has 1 aromatic carbocycles. The van der Waals surface area contributed by atoms with Crippen LogP contribution in [0.2, 0.25) is 5.02 Å². The number of halogens is 2. The van der Waals surface area contributed by atoms with Crippen LogP contribution < -0.4 is 5.32 Å². The molecule has 2 unspecified atom stereocenters. The highest BCUT2D eigenvalue weighted by Gasteiger charge is 2.32. The molecular formula is C15H23ClFNO. The zero-order valence-electron chi connectivity index (χ0n) is 12.1. The maximum atomic E-state index is 13.5. The van der Waals surface area contributed by atoms with Gasteiger partial charge in [0.1, 0.15) is 5.82 Å². The third kappa shape index (κ3) is 3.91. The molecule has 0 spiro atoms. The first kappa shape index (κ1) is 16.4. The number of rotatable bonds is 7. The Morgan fingerprint density at radius 3 is 2.63 bits per heavy atom. The normalized spacial score (nSPS) is 16.1. The summed E-state index contributed by atoms with van der Waals surface area (Å²) in [7, 11) is 1.89. The molecule has 0 radical (unpaired) electrons. The maximum absolute atomic E-state index is 13.5. The van der Waals surface area contributed by atoms with Gasteiger partial charge >= 0.3 is 0 Å². The van der Waals surface area contributed by atoms with E-state index in [9.17, 15) is 4.39 Å². The molecule has 0 heterocycles. The Morgan fingerprint density at radius 2 is 2.11 bits per heavy atom. The first-order chi connectivity index (χ1) is 8.98. The highest BCUT2D eigenvalue weighted by Crippen LogP contribution is 2.27. The van der Waals surface area contributed by atoms with Crippen molar-refractivity contribution in [3.05, 3.63) is 34.6 Å². The van der Waals surface area contributed by atoms with Crippen LogP contribution >= 0.6 is 11.6 Å². The van der Waals surface area contributed by atoms with E-state index < -0.39 is 0 Å². The van der Waals surface area contributed by atoms with Crippen LogP contribution in [0, 0.1) is 5.82 Å². The van der Waals surface area contributed by atoms with Crippen LogP contribution in [-0.2, 0) is 11.2 Å². The third-order valence-corrected chi connectivity index (χ3v) is 4.14. The van der Waals surface area contributed by atoms with Crippen molar-refractivity contribution >= 4 is 11.6 Å². The Hall–Kier alpha value is -0.640. The highest BCUT2D eigenvalue weighted by atomic mass is 35.5. The van der Waals surface area contributed by atoms with Crippen LogP contribution in [0.4, 0.5) is 4.39 Å². The summed E-state index contributed by atoms with van der Waals surface area (Å²) in [5.74, 6) is -0.372. The smallest absolute Gasteiger partial charge is 0.142 e. The van der Waals surface area contributed by atoms with E-state index >= 15 is 0 Å². The molecule has 0 saturated carbocycles. The second kappa shape index (κ2) is 7.22. The van der Waals surface area contributed by atoms with Crippen molar-refractivity contribution in [2.75, 3.05) is 13.7 Å². The lowest BCUT2D eigenvalue weighted by atomic mass is 9.88. The third-order valence-electron chi connectivity index (χ3n) is 3.72. The van der Waals surface area contributed by atoms with Crippen molar-refractivity contribution < 1.29 is 9.13 Å². The molecule has 0 amide bonds. The predicted octanol–water partition coefficient (Wildman–Crippen LogP) is 3.81. The number of hydrogen-bond acceptors (Lipinski definition) is 2. The lowest BCUT2D eigenvalue weighted by Crippen LogP contribution is -2.50. The Morgan fingerprint density at radius 1 is 1.42 bits per heavy atom. The molecule has 0 bridgehead atoms. The topological polar surface area (TPSA) is 21.3 Å². The molecule has 2 nitrogen and oxygen atoms in total. The van der Waals surface area contributed by atoms with Gasteiger partial charge in [0.2, 0.25) is 0 Å². The van der Waals surface area contributed by atoms with Gasteiger partial charge in [-0.25, -0.2) is 4.39 Å². The first-order valence-electron chi connectivity index (χ1n) is 6.72. The quantitative estimate of drug-likeness (QED) is 0.823. The summed E-state index contributed by atoms with van der Waals surface area (Å²) in [6.07, 6.45) is 1.51. The predicted molar refractivity (Wildman–Crippen MR) is 78.3 cm³/mol. The molecule has 0 saturated heterocycles. The van der Waals surface area contributed by atoms with Crippen LogP contribution in [0.5, 0.6) is 0 Å². The Bertz CT molecular complexity index is 413. The van der Waals surface area contributed by atoms with Gasteiger partial charge < -0.3 is 10.1 Å². The molecule has 0 aliphatic rings. The Balaban J connectivity index is 2.95. The van der Waals surface area contributed by atoms with Gasteiger partial charge in [0.25, 0.3) is 0 Å². The average molecular weight is 288 g/mol. The summed E-state index contributed by atoms with van der Waals surface area (Å²) in [5.41, 5.74) is 0.513. The van der Waals surface area contributed by atoms with Gasteiger partial charge in [0.05, 0.1) is 10.6 Å². The fraction of sp³-hybridized carbons (Fsp3) is 0.600. The zero-order valence-corrected chi connectivity index (χ0v) is 12.9. The van der Waals surface area contributed by atoms with Crippen LogP contribution in [0.15, 0.2) is 18.2 Å². The zero-order chi connectivity index (χ0) is 14.5. The lowest BCUT2D eigenvalue weighted by molar-refractivity contribution is -0.0534. The number of nitrogens with one attached hydrogen (secondary N) is 1. The monoisotopic (exact) mass is 287 g/mol. The molecule has 1 N–H and O–H groups in total. The van der Waals surface area contributed by atoms with Gasteiger partial charge in [0.15, 0.2) is 0 Å². The lowest BCUT2D eigenvalue weighted by Gasteiger charge is -2.37. The van der Waals surface area contributed by atoms with E-state index in [0.717, 1.165) is 12.0 Å². The second-order valence-electron chi connectivity index (χ2n) is 4.86. The molecule has 0 fully saturated rings. The van der Waals surface area contributed by atoms with Crippen molar-refractivity contribution in [1.82, 2.24) is 5.32 Å². The van der Waals surface area contributed by atoms with Gasteiger partial charge in [-0.1, -0.05) is 30.7 Å². The van der Waals surface area contributed by atoms with Gasteiger partial charge in [-0.15, -0.1) is 0 Å². The molecule has 4 heteroatoms. The van der Waals surface area contributed by atoms with Crippen molar-refractivity contribution in [1.29, 1.82) is 0 Å². The molecule has 1 aromatic rings. The second-order valence-corrected chi connectivity index (χ2v) is 5.24. The number of benzene rings is 1. The van der Waals surface area contributed by atoms with Gasteiger partial charge in [-0.05, 0) is 45.4 Å². The molecule has 1 rings (SSSR count). The minimum atomic E-state index is -0.372. The molecule has 108 valence electrons. The van der Waals surface area contributed by atoms with Crippen LogP contribution in [-0.4, -0.2) is 25.3 Å². The van der Waals surface area contributed by atoms with E-state index in [0.29, 0.717) is 13.0 Å². The summed E-state index contributed by atoms with van der Waals surface area (Å²) < 4.78 is 19.4. The standard InChI is InChI=1S/C15H23ClFNO/c1-5-15(3,19-6-2)13(18-4)10-11-8-7-9-12(17)14(11)16/h7-9,13,18H,5-6,10H2,1-4H3. The van der Waals surface area contributed by atoms with E-state index in [1.165, 1.54) is 6.07 Å². The molecule has 0 aliphatic carbocycles. The van der Waals surface area contributed by atoms with E-state index in [1.807, 2.05) is 20.0 Å². The van der Waals surface area contributed by atoms with Crippen LogP contribution in [0.1, 0.15) is 32.8 Å². The minimum absolute atomic E-state index is 0.0803. The van der Waals surface area contributed by atoms with Crippen LogP contribution in [0.25, 0.3) is 0 Å². The fourth-order valence-electron chi connectivity index (χ4n) is 2.33. The summed E-state index contributed by atoms with van der Waals surface area (Å²) >= 11 is 6.02. The van der Waals surface area contributed by atoms with Crippen molar-refractivity contribution in [2.24, 2.45) is 0 Å². The highest BCUT2D eigenvalue weighted by molar-refractivity contribution is 6.31. The SMILES string of the molecule is CCOC(C)(CC)C(Cc1cccc(F)c1Cl)NC. The Kier molecular flexibility index (Phi) is 6.24. The number of ether oxygens (including phenoxy) is 1. The van der Waals surface area contributed by atoms with Crippen molar-refractivity contribution in [3.63, 3.8) is 0 Å². The van der Waals surface area contributed by atoms with Crippen molar-refractivity contribution in [3.8, 4) is 0 Å². The summed E-state index contributed by atoms with van der Waals surface area (Å²) in [6, 6.07) is 5.00. The molecule has 0 aromatic heterocycles. The Labute approximate surface area is 120 Å². The summed E-state index contributed by atoms with van der Waals surface area (Å²) in [6.45, 7) is 6.80.